The number of hydrogen-bond donors (Lipinski definition) is 2. The molecule has 1 aliphatic rings. The molecule has 0 aliphatic carbocycles. The highest BCUT2D eigenvalue weighted by Gasteiger charge is 2.17. The molecular formula is C18H22N8O. The van der Waals surface area contributed by atoms with Crippen LogP contribution in [0.5, 0.6) is 0 Å². The first-order valence-corrected chi connectivity index (χ1v) is 8.82. The van der Waals surface area contributed by atoms with Crippen molar-refractivity contribution in [3.05, 3.63) is 36.0 Å². The summed E-state index contributed by atoms with van der Waals surface area (Å²) in [6.07, 6.45) is 3.68. The minimum Gasteiger partial charge on any atom is -0.378 e. The van der Waals surface area contributed by atoms with Crippen LogP contribution in [0.2, 0.25) is 0 Å². The largest absolute Gasteiger partial charge is 0.378 e. The Morgan fingerprint density at radius 2 is 2.00 bits per heavy atom. The van der Waals surface area contributed by atoms with Crippen LogP contribution in [0.25, 0.3) is 10.9 Å². The molecule has 140 valence electrons. The smallest absolute Gasteiger partial charge is 0.250 e. The molecule has 0 unspecified atom stereocenters. The number of para-hydroxylation sites is 1. The number of aromatic nitrogens is 4. The van der Waals surface area contributed by atoms with Crippen molar-refractivity contribution in [2.45, 2.75) is 0 Å². The third kappa shape index (κ3) is 3.82. The summed E-state index contributed by atoms with van der Waals surface area (Å²) < 4.78 is 5.41. The topological polar surface area (TPSA) is 94.6 Å². The number of hydrazone groups is 1. The fraction of sp³-hybridized carbons (Fsp3) is 0.333. The molecule has 1 aromatic carbocycles. The van der Waals surface area contributed by atoms with Crippen molar-refractivity contribution in [3.8, 4) is 0 Å². The number of nitrogens with zero attached hydrogens (tertiary/aromatic N) is 6. The molecule has 0 amide bonds. The molecule has 0 spiro atoms. The first-order valence-electron chi connectivity index (χ1n) is 8.82. The predicted molar refractivity (Wildman–Crippen MR) is 107 cm³/mol. The molecule has 0 saturated carbocycles. The van der Waals surface area contributed by atoms with Crippen LogP contribution in [-0.4, -0.2) is 66.5 Å². The molecule has 27 heavy (non-hydrogen) atoms. The Morgan fingerprint density at radius 1 is 1.19 bits per heavy atom. The molecule has 0 atom stereocenters. The molecule has 3 heterocycles. The van der Waals surface area contributed by atoms with E-state index in [-0.39, 0.29) is 0 Å². The van der Waals surface area contributed by atoms with Crippen molar-refractivity contribution in [2.24, 2.45) is 5.10 Å². The molecule has 9 nitrogen and oxygen atoms in total. The average molecular weight is 366 g/mol. The van der Waals surface area contributed by atoms with Crippen molar-refractivity contribution in [1.82, 2.24) is 19.9 Å². The molecule has 2 aromatic heterocycles. The fourth-order valence-corrected chi connectivity index (χ4v) is 2.87. The van der Waals surface area contributed by atoms with E-state index in [4.69, 9.17) is 4.74 Å². The lowest BCUT2D eigenvalue weighted by Gasteiger charge is -2.27. The summed E-state index contributed by atoms with van der Waals surface area (Å²) in [7, 11) is 3.80. The van der Waals surface area contributed by atoms with Gasteiger partial charge in [0.1, 0.15) is 0 Å². The van der Waals surface area contributed by atoms with Crippen molar-refractivity contribution < 1.29 is 4.74 Å². The second kappa shape index (κ2) is 7.58. The van der Waals surface area contributed by atoms with Gasteiger partial charge in [-0.3, -0.25) is 0 Å². The first kappa shape index (κ1) is 17.2. The van der Waals surface area contributed by atoms with E-state index in [0.29, 0.717) is 31.1 Å². The van der Waals surface area contributed by atoms with Crippen LogP contribution in [0.15, 0.2) is 35.6 Å². The second-order valence-electron chi connectivity index (χ2n) is 6.41. The number of fused-ring (bicyclic) bond motifs is 1. The summed E-state index contributed by atoms with van der Waals surface area (Å²) >= 11 is 0. The van der Waals surface area contributed by atoms with Gasteiger partial charge in [-0.2, -0.15) is 20.1 Å². The van der Waals surface area contributed by atoms with Crippen LogP contribution in [0.3, 0.4) is 0 Å². The number of anilines is 3. The van der Waals surface area contributed by atoms with E-state index in [1.807, 2.05) is 43.4 Å². The van der Waals surface area contributed by atoms with Gasteiger partial charge in [-0.15, -0.1) is 0 Å². The Balaban J connectivity index is 1.56. The summed E-state index contributed by atoms with van der Waals surface area (Å²) in [5.41, 5.74) is 5.00. The molecule has 4 rings (SSSR count). The highest BCUT2D eigenvalue weighted by molar-refractivity contribution is 5.99. The third-order valence-electron chi connectivity index (χ3n) is 4.30. The molecule has 9 heteroatoms. The number of hydrogen-bond acceptors (Lipinski definition) is 8. The van der Waals surface area contributed by atoms with E-state index in [1.54, 1.807) is 6.21 Å². The molecule has 3 aromatic rings. The minimum absolute atomic E-state index is 0.409. The molecule has 0 radical (unpaired) electrons. The van der Waals surface area contributed by atoms with Crippen LogP contribution in [0.4, 0.5) is 17.8 Å². The summed E-state index contributed by atoms with van der Waals surface area (Å²) in [6, 6.07) is 8.09. The van der Waals surface area contributed by atoms with Crippen LogP contribution in [-0.2, 0) is 4.74 Å². The Bertz CT molecular complexity index is 945. The number of rotatable bonds is 5. The van der Waals surface area contributed by atoms with Crippen molar-refractivity contribution in [2.75, 3.05) is 55.6 Å². The van der Waals surface area contributed by atoms with Gasteiger partial charge in [0, 0.05) is 49.8 Å². The van der Waals surface area contributed by atoms with Gasteiger partial charge in [0.15, 0.2) is 0 Å². The van der Waals surface area contributed by atoms with E-state index in [1.165, 1.54) is 0 Å². The zero-order valence-electron chi connectivity index (χ0n) is 15.4. The summed E-state index contributed by atoms with van der Waals surface area (Å²) in [4.78, 5) is 20.6. The number of benzene rings is 1. The molecule has 1 fully saturated rings. The van der Waals surface area contributed by atoms with Crippen LogP contribution in [0, 0.1) is 0 Å². The van der Waals surface area contributed by atoms with E-state index in [9.17, 15) is 0 Å². The van der Waals surface area contributed by atoms with Crippen LogP contribution in [0.1, 0.15) is 5.56 Å². The lowest BCUT2D eigenvalue weighted by molar-refractivity contribution is 0.122. The first-order chi connectivity index (χ1) is 13.2. The van der Waals surface area contributed by atoms with E-state index in [2.05, 4.69) is 41.4 Å². The van der Waals surface area contributed by atoms with Gasteiger partial charge in [0.2, 0.25) is 17.8 Å². The summed E-state index contributed by atoms with van der Waals surface area (Å²) in [5, 5.41) is 5.42. The third-order valence-corrected chi connectivity index (χ3v) is 4.30. The maximum Gasteiger partial charge on any atom is 0.250 e. The number of H-pyrrole nitrogens is 1. The second-order valence-corrected chi connectivity index (χ2v) is 6.41. The molecule has 2 N–H and O–H groups in total. The highest BCUT2D eigenvalue weighted by Crippen LogP contribution is 2.17. The molecular weight excluding hydrogens is 344 g/mol. The van der Waals surface area contributed by atoms with Gasteiger partial charge in [0.05, 0.1) is 19.4 Å². The standard InChI is InChI=1S/C18H22N8O/c1-25(2)17-21-16(22-18(23-17)26-7-9-27-10-8-26)24-20-12-13-11-19-15-6-4-3-5-14(13)15/h3-6,11-12,19H,7-10H2,1-2H3,(H,21,22,23,24)/b20-12-. The maximum atomic E-state index is 5.41. The zero-order chi connectivity index (χ0) is 18.6. The van der Waals surface area contributed by atoms with Crippen LogP contribution >= 0.6 is 0 Å². The fourth-order valence-electron chi connectivity index (χ4n) is 2.87. The number of ether oxygens (including phenoxy) is 1. The monoisotopic (exact) mass is 366 g/mol. The van der Waals surface area contributed by atoms with Crippen molar-refractivity contribution >= 4 is 35.0 Å². The summed E-state index contributed by atoms with van der Waals surface area (Å²) in [5.74, 6) is 1.62. The normalized spacial score (nSPS) is 14.8. The van der Waals surface area contributed by atoms with Gasteiger partial charge in [-0.25, -0.2) is 5.43 Å². The van der Waals surface area contributed by atoms with Gasteiger partial charge in [0.25, 0.3) is 0 Å². The maximum absolute atomic E-state index is 5.41. The predicted octanol–water partition coefficient (Wildman–Crippen LogP) is 1.70. The molecule has 1 saturated heterocycles. The Hall–Kier alpha value is -3.20. The zero-order valence-corrected chi connectivity index (χ0v) is 15.4. The van der Waals surface area contributed by atoms with Crippen molar-refractivity contribution in [3.63, 3.8) is 0 Å². The molecule has 0 bridgehead atoms. The summed E-state index contributed by atoms with van der Waals surface area (Å²) in [6.45, 7) is 2.86. The van der Waals surface area contributed by atoms with Gasteiger partial charge < -0.3 is 19.5 Å². The SMILES string of the molecule is CN(C)c1nc(N/N=C\c2c[nH]c3ccccc23)nc(N2CCOCC2)n1. The van der Waals surface area contributed by atoms with E-state index < -0.39 is 0 Å². The Labute approximate surface area is 157 Å². The number of aromatic amines is 1. The van der Waals surface area contributed by atoms with Crippen LogP contribution < -0.4 is 15.2 Å². The highest BCUT2D eigenvalue weighted by atomic mass is 16.5. The molecule has 1 aliphatic heterocycles. The minimum atomic E-state index is 0.409. The van der Waals surface area contributed by atoms with Gasteiger partial charge >= 0.3 is 0 Å². The lowest BCUT2D eigenvalue weighted by atomic mass is 10.2. The lowest BCUT2D eigenvalue weighted by Crippen LogP contribution is -2.37. The van der Waals surface area contributed by atoms with Crippen molar-refractivity contribution in [1.29, 1.82) is 0 Å². The average Bonchev–Trinajstić information content (AvgIpc) is 3.12. The Morgan fingerprint density at radius 3 is 2.81 bits per heavy atom. The van der Waals surface area contributed by atoms with Gasteiger partial charge in [-0.05, 0) is 6.07 Å². The van der Waals surface area contributed by atoms with E-state index in [0.717, 1.165) is 29.6 Å². The van der Waals surface area contributed by atoms with E-state index >= 15 is 0 Å². The quantitative estimate of drug-likeness (QED) is 0.524. The Kier molecular flexibility index (Phi) is 4.84. The van der Waals surface area contributed by atoms with Gasteiger partial charge in [-0.1, -0.05) is 18.2 Å². The number of nitrogens with one attached hydrogen (secondary N) is 2. The number of morpholine rings is 1.